The van der Waals surface area contributed by atoms with Crippen molar-refractivity contribution >= 4 is 5.91 Å². The van der Waals surface area contributed by atoms with Gasteiger partial charge in [-0.25, -0.2) is 0 Å². The van der Waals surface area contributed by atoms with Crippen molar-refractivity contribution in [2.75, 3.05) is 39.4 Å². The summed E-state index contributed by atoms with van der Waals surface area (Å²) in [5, 5.41) is 3.03. The molecule has 2 fully saturated rings. The van der Waals surface area contributed by atoms with Gasteiger partial charge in [0.05, 0.1) is 13.2 Å². The number of morpholine rings is 1. The predicted octanol–water partition coefficient (Wildman–Crippen LogP) is 3.04. The molecule has 2 aliphatic heterocycles. The molecule has 2 aliphatic rings. The van der Waals surface area contributed by atoms with Crippen molar-refractivity contribution < 1.29 is 9.53 Å². The predicted molar refractivity (Wildman–Crippen MR) is 115 cm³/mol. The number of hydrogen-bond donors (Lipinski definition) is 1. The second-order valence-electron chi connectivity index (χ2n) is 8.07. The fourth-order valence-corrected chi connectivity index (χ4v) is 4.02. The van der Waals surface area contributed by atoms with Crippen LogP contribution in [0.5, 0.6) is 0 Å². The molecule has 0 radical (unpaired) electrons. The topological polar surface area (TPSA) is 44.8 Å². The van der Waals surface area contributed by atoms with Crippen molar-refractivity contribution in [1.82, 2.24) is 15.1 Å². The average molecular weight is 394 g/mol. The van der Waals surface area contributed by atoms with Crippen LogP contribution in [0.4, 0.5) is 0 Å². The highest BCUT2D eigenvalue weighted by atomic mass is 16.5. The van der Waals surface area contributed by atoms with Crippen LogP contribution in [-0.2, 0) is 24.4 Å². The lowest BCUT2D eigenvalue weighted by atomic mass is 10.1. The Morgan fingerprint density at radius 2 is 1.28 bits per heavy atom. The Hall–Kier alpha value is -2.21. The lowest BCUT2D eigenvalue weighted by molar-refractivity contribution is 0.0342. The number of likely N-dealkylation sites (tertiary alicyclic amines) is 1. The van der Waals surface area contributed by atoms with E-state index in [4.69, 9.17) is 4.74 Å². The van der Waals surface area contributed by atoms with Crippen LogP contribution >= 0.6 is 0 Å². The third-order valence-electron chi connectivity index (χ3n) is 5.81. The van der Waals surface area contributed by atoms with E-state index in [9.17, 15) is 4.79 Å². The second kappa shape index (κ2) is 10.0. The summed E-state index contributed by atoms with van der Waals surface area (Å²) in [6.07, 6.45) is 2.64. The molecule has 29 heavy (non-hydrogen) atoms. The minimum Gasteiger partial charge on any atom is -0.379 e. The highest BCUT2D eigenvalue weighted by molar-refractivity contribution is 5.94. The smallest absolute Gasteiger partial charge is 0.251 e. The number of nitrogens with one attached hydrogen (secondary N) is 1. The normalized spacial score (nSPS) is 18.1. The van der Waals surface area contributed by atoms with Crippen LogP contribution in [0.15, 0.2) is 48.5 Å². The zero-order valence-corrected chi connectivity index (χ0v) is 17.1. The van der Waals surface area contributed by atoms with E-state index in [1.54, 1.807) is 0 Å². The van der Waals surface area contributed by atoms with Gasteiger partial charge in [0.15, 0.2) is 0 Å². The largest absolute Gasteiger partial charge is 0.379 e. The molecule has 1 amide bonds. The maximum absolute atomic E-state index is 12.5. The molecular weight excluding hydrogens is 362 g/mol. The summed E-state index contributed by atoms with van der Waals surface area (Å²) in [7, 11) is 0. The van der Waals surface area contributed by atoms with Crippen LogP contribution < -0.4 is 5.32 Å². The molecule has 0 aromatic heterocycles. The van der Waals surface area contributed by atoms with Crippen LogP contribution in [0, 0.1) is 0 Å². The first-order chi connectivity index (χ1) is 14.3. The Bertz CT molecular complexity index is 777. The first-order valence-corrected chi connectivity index (χ1v) is 10.7. The standard InChI is InChI=1S/C24H31N3O2/c28-24(23-9-7-22(8-10-23)19-27-13-15-29-16-14-27)25-17-20-3-5-21(6-4-20)18-26-11-1-2-12-26/h3-10H,1-2,11-19H2,(H,25,28). The summed E-state index contributed by atoms with van der Waals surface area (Å²) in [5.74, 6) is -0.0240. The summed E-state index contributed by atoms with van der Waals surface area (Å²) in [5.41, 5.74) is 4.42. The fraction of sp³-hybridized carbons (Fsp3) is 0.458. The maximum atomic E-state index is 12.5. The first-order valence-electron chi connectivity index (χ1n) is 10.7. The Balaban J connectivity index is 1.24. The van der Waals surface area contributed by atoms with Crippen molar-refractivity contribution in [3.05, 3.63) is 70.8 Å². The number of carbonyl (C=O) groups is 1. The Morgan fingerprint density at radius 3 is 1.90 bits per heavy atom. The molecule has 2 saturated heterocycles. The van der Waals surface area contributed by atoms with E-state index in [2.05, 4.69) is 51.5 Å². The van der Waals surface area contributed by atoms with E-state index in [0.29, 0.717) is 12.1 Å². The lowest BCUT2D eigenvalue weighted by Crippen LogP contribution is -2.35. The molecule has 0 spiro atoms. The molecule has 0 bridgehead atoms. The van der Waals surface area contributed by atoms with Gasteiger partial charge in [-0.15, -0.1) is 0 Å². The minimum atomic E-state index is -0.0240. The highest BCUT2D eigenvalue weighted by Gasteiger charge is 2.13. The Kier molecular flexibility index (Phi) is 6.93. The second-order valence-corrected chi connectivity index (χ2v) is 8.07. The van der Waals surface area contributed by atoms with E-state index in [0.717, 1.165) is 45.0 Å². The molecule has 154 valence electrons. The van der Waals surface area contributed by atoms with Gasteiger partial charge in [-0.1, -0.05) is 36.4 Å². The van der Waals surface area contributed by atoms with Crippen molar-refractivity contribution in [3.8, 4) is 0 Å². The summed E-state index contributed by atoms with van der Waals surface area (Å²) >= 11 is 0. The SMILES string of the molecule is O=C(NCc1ccc(CN2CCCC2)cc1)c1ccc(CN2CCOCC2)cc1. The van der Waals surface area contributed by atoms with Crippen molar-refractivity contribution in [2.24, 2.45) is 0 Å². The summed E-state index contributed by atoms with van der Waals surface area (Å²) in [6, 6.07) is 16.6. The van der Waals surface area contributed by atoms with Gasteiger partial charge < -0.3 is 10.1 Å². The van der Waals surface area contributed by atoms with Crippen molar-refractivity contribution in [3.63, 3.8) is 0 Å². The quantitative estimate of drug-likeness (QED) is 0.785. The molecule has 0 aliphatic carbocycles. The van der Waals surface area contributed by atoms with Gasteiger partial charge in [0.1, 0.15) is 0 Å². The number of carbonyl (C=O) groups excluding carboxylic acids is 1. The van der Waals surface area contributed by atoms with Crippen LogP contribution in [-0.4, -0.2) is 55.1 Å². The molecular formula is C24H31N3O2. The van der Waals surface area contributed by atoms with E-state index >= 15 is 0 Å². The Labute approximate surface area is 173 Å². The molecule has 0 saturated carbocycles. The van der Waals surface area contributed by atoms with E-state index < -0.39 is 0 Å². The van der Waals surface area contributed by atoms with Crippen LogP contribution in [0.25, 0.3) is 0 Å². The van der Waals surface area contributed by atoms with Gasteiger partial charge in [-0.2, -0.15) is 0 Å². The number of nitrogens with zero attached hydrogens (tertiary/aromatic N) is 2. The molecule has 5 nitrogen and oxygen atoms in total. The molecule has 5 heteroatoms. The van der Waals surface area contributed by atoms with E-state index in [1.807, 2.05) is 12.1 Å². The van der Waals surface area contributed by atoms with Gasteiger partial charge in [-0.05, 0) is 54.8 Å². The van der Waals surface area contributed by atoms with Gasteiger partial charge in [0, 0.05) is 38.3 Å². The van der Waals surface area contributed by atoms with E-state index in [1.165, 1.54) is 37.1 Å². The zero-order valence-electron chi connectivity index (χ0n) is 17.1. The summed E-state index contributed by atoms with van der Waals surface area (Å²) in [6.45, 7) is 8.47. The number of rotatable bonds is 7. The number of hydrogen-bond acceptors (Lipinski definition) is 4. The average Bonchev–Trinajstić information content (AvgIpc) is 3.27. The van der Waals surface area contributed by atoms with Crippen LogP contribution in [0.1, 0.15) is 39.9 Å². The monoisotopic (exact) mass is 393 g/mol. The molecule has 2 heterocycles. The summed E-state index contributed by atoms with van der Waals surface area (Å²) < 4.78 is 5.39. The third kappa shape index (κ3) is 5.89. The number of ether oxygens (including phenoxy) is 1. The first kappa shape index (κ1) is 20.1. The molecule has 0 atom stereocenters. The maximum Gasteiger partial charge on any atom is 0.251 e. The molecule has 1 N–H and O–H groups in total. The van der Waals surface area contributed by atoms with Gasteiger partial charge >= 0.3 is 0 Å². The van der Waals surface area contributed by atoms with Crippen molar-refractivity contribution in [1.29, 1.82) is 0 Å². The zero-order chi connectivity index (χ0) is 19.9. The molecule has 4 rings (SSSR count). The fourth-order valence-electron chi connectivity index (χ4n) is 4.02. The van der Waals surface area contributed by atoms with Crippen LogP contribution in [0.2, 0.25) is 0 Å². The van der Waals surface area contributed by atoms with Gasteiger partial charge in [0.2, 0.25) is 0 Å². The van der Waals surface area contributed by atoms with Crippen LogP contribution in [0.3, 0.4) is 0 Å². The third-order valence-corrected chi connectivity index (χ3v) is 5.81. The highest BCUT2D eigenvalue weighted by Crippen LogP contribution is 2.14. The van der Waals surface area contributed by atoms with Gasteiger partial charge in [-0.3, -0.25) is 14.6 Å². The lowest BCUT2D eigenvalue weighted by Gasteiger charge is -2.26. The van der Waals surface area contributed by atoms with Crippen molar-refractivity contribution in [2.45, 2.75) is 32.5 Å². The molecule has 2 aromatic carbocycles. The minimum absolute atomic E-state index is 0.0240. The van der Waals surface area contributed by atoms with Gasteiger partial charge in [0.25, 0.3) is 5.91 Å². The summed E-state index contributed by atoms with van der Waals surface area (Å²) in [4.78, 5) is 17.4. The number of benzene rings is 2. The Morgan fingerprint density at radius 1 is 0.759 bits per heavy atom. The molecule has 0 unspecified atom stereocenters. The van der Waals surface area contributed by atoms with E-state index in [-0.39, 0.29) is 5.91 Å². The molecule has 2 aromatic rings. The number of amides is 1.